The van der Waals surface area contributed by atoms with E-state index in [-0.39, 0.29) is 15.6 Å². The van der Waals surface area contributed by atoms with Crippen LogP contribution in [0.1, 0.15) is 16.1 Å². The molecule has 25 heavy (non-hydrogen) atoms. The van der Waals surface area contributed by atoms with Crippen LogP contribution in [0.5, 0.6) is 0 Å². The van der Waals surface area contributed by atoms with Crippen molar-refractivity contribution in [1.82, 2.24) is 0 Å². The minimum Gasteiger partial charge on any atom is -0.478 e. The summed E-state index contributed by atoms with van der Waals surface area (Å²) in [5, 5.41) is 12.3. The Kier molecular flexibility index (Phi) is 4.97. The van der Waals surface area contributed by atoms with Gasteiger partial charge in [-0.2, -0.15) is 0 Å². The Morgan fingerprint density at radius 3 is 2.60 bits per heavy atom. The average Bonchev–Trinajstić information content (AvgIpc) is 3.05. The number of halogens is 3. The summed E-state index contributed by atoms with van der Waals surface area (Å²) in [7, 11) is 0. The second-order valence-corrected chi connectivity index (χ2v) is 6.06. The number of aromatic carboxylic acids is 1. The molecule has 1 heterocycles. The second-order valence-electron chi connectivity index (χ2n) is 5.25. The normalized spacial score (nSPS) is 10.7. The van der Waals surface area contributed by atoms with Crippen LogP contribution >= 0.6 is 23.2 Å². The summed E-state index contributed by atoms with van der Waals surface area (Å²) in [4.78, 5) is 11.1. The number of carboxylic acids is 1. The SMILES string of the molecule is O=C(O)c1cc(NCc2ccc(-c3ccc(F)c(Cl)c3)o2)ccc1Cl. The maximum atomic E-state index is 13.2. The highest BCUT2D eigenvalue weighted by molar-refractivity contribution is 6.33. The van der Waals surface area contributed by atoms with Crippen LogP contribution in [0.15, 0.2) is 52.9 Å². The van der Waals surface area contributed by atoms with Crippen LogP contribution in [-0.4, -0.2) is 11.1 Å². The first-order valence-corrected chi connectivity index (χ1v) is 8.00. The van der Waals surface area contributed by atoms with Crippen molar-refractivity contribution in [3.8, 4) is 11.3 Å². The molecule has 0 spiro atoms. The van der Waals surface area contributed by atoms with E-state index in [2.05, 4.69) is 5.32 Å². The summed E-state index contributed by atoms with van der Waals surface area (Å²) in [6.07, 6.45) is 0. The van der Waals surface area contributed by atoms with Crippen molar-refractivity contribution >= 4 is 34.9 Å². The van der Waals surface area contributed by atoms with Crippen molar-refractivity contribution in [2.75, 3.05) is 5.32 Å². The van der Waals surface area contributed by atoms with Crippen LogP contribution in [0, 0.1) is 5.82 Å². The van der Waals surface area contributed by atoms with Gasteiger partial charge in [0, 0.05) is 11.3 Å². The van der Waals surface area contributed by atoms with Crippen LogP contribution in [0.4, 0.5) is 10.1 Å². The van der Waals surface area contributed by atoms with Gasteiger partial charge in [0.2, 0.25) is 0 Å². The molecule has 0 saturated carbocycles. The Hall–Kier alpha value is -2.50. The quantitative estimate of drug-likeness (QED) is 0.596. The van der Waals surface area contributed by atoms with Crippen molar-refractivity contribution < 1.29 is 18.7 Å². The molecule has 0 unspecified atom stereocenters. The molecule has 4 nitrogen and oxygen atoms in total. The smallest absolute Gasteiger partial charge is 0.337 e. The average molecular weight is 380 g/mol. The lowest BCUT2D eigenvalue weighted by atomic mass is 10.2. The van der Waals surface area contributed by atoms with E-state index in [0.717, 1.165) is 0 Å². The highest BCUT2D eigenvalue weighted by Gasteiger charge is 2.11. The van der Waals surface area contributed by atoms with Gasteiger partial charge in [0.1, 0.15) is 17.3 Å². The molecule has 2 N–H and O–H groups in total. The lowest BCUT2D eigenvalue weighted by Gasteiger charge is -2.07. The maximum absolute atomic E-state index is 13.2. The first-order valence-electron chi connectivity index (χ1n) is 7.25. The molecule has 0 amide bonds. The molecule has 0 aliphatic heterocycles. The third-order valence-corrected chi connectivity index (χ3v) is 4.15. The molecule has 0 fully saturated rings. The Morgan fingerprint density at radius 1 is 1.08 bits per heavy atom. The summed E-state index contributed by atoms with van der Waals surface area (Å²) >= 11 is 11.6. The number of carbonyl (C=O) groups is 1. The fourth-order valence-corrected chi connectivity index (χ4v) is 2.64. The van der Waals surface area contributed by atoms with Crippen molar-refractivity contribution in [1.29, 1.82) is 0 Å². The fraction of sp³-hybridized carbons (Fsp3) is 0.0556. The van der Waals surface area contributed by atoms with Crippen molar-refractivity contribution in [2.45, 2.75) is 6.54 Å². The first kappa shape index (κ1) is 17.3. The zero-order valence-corrected chi connectivity index (χ0v) is 14.2. The van der Waals surface area contributed by atoms with Crippen LogP contribution in [-0.2, 0) is 6.54 Å². The predicted octanol–water partition coefficient (Wildman–Crippen LogP) is 5.70. The number of benzene rings is 2. The molecule has 0 atom stereocenters. The van der Waals surface area contributed by atoms with E-state index in [1.807, 2.05) is 0 Å². The number of hydrogen-bond acceptors (Lipinski definition) is 3. The highest BCUT2D eigenvalue weighted by Crippen LogP contribution is 2.27. The van der Waals surface area contributed by atoms with Gasteiger partial charge in [-0.25, -0.2) is 9.18 Å². The lowest BCUT2D eigenvalue weighted by Crippen LogP contribution is -2.02. The number of hydrogen-bond donors (Lipinski definition) is 2. The first-order chi connectivity index (χ1) is 11.9. The molecule has 7 heteroatoms. The minimum absolute atomic E-state index is 0.0211. The lowest BCUT2D eigenvalue weighted by molar-refractivity contribution is 0.0697. The molecule has 3 rings (SSSR count). The molecule has 2 aromatic carbocycles. The van der Waals surface area contributed by atoms with Crippen molar-refractivity contribution in [3.63, 3.8) is 0 Å². The van der Waals surface area contributed by atoms with Crippen LogP contribution in [0.2, 0.25) is 10.0 Å². The van der Waals surface area contributed by atoms with Gasteiger partial charge in [0.15, 0.2) is 0 Å². The van der Waals surface area contributed by atoms with Gasteiger partial charge in [-0.1, -0.05) is 23.2 Å². The maximum Gasteiger partial charge on any atom is 0.337 e. The van der Waals surface area contributed by atoms with E-state index in [4.69, 9.17) is 32.7 Å². The number of rotatable bonds is 5. The van der Waals surface area contributed by atoms with Gasteiger partial charge in [0.05, 0.1) is 22.2 Å². The van der Waals surface area contributed by atoms with E-state index in [9.17, 15) is 9.18 Å². The van der Waals surface area contributed by atoms with E-state index in [1.54, 1.807) is 24.3 Å². The van der Waals surface area contributed by atoms with Gasteiger partial charge >= 0.3 is 5.97 Å². The van der Waals surface area contributed by atoms with Crippen LogP contribution < -0.4 is 5.32 Å². The predicted molar refractivity (Wildman–Crippen MR) is 94.8 cm³/mol. The largest absolute Gasteiger partial charge is 0.478 e. The van der Waals surface area contributed by atoms with Crippen molar-refractivity contribution in [3.05, 3.63) is 75.7 Å². The van der Waals surface area contributed by atoms with Gasteiger partial charge in [-0.05, 0) is 48.5 Å². The monoisotopic (exact) mass is 379 g/mol. The topological polar surface area (TPSA) is 62.5 Å². The zero-order chi connectivity index (χ0) is 18.0. The molecule has 0 aliphatic rings. The highest BCUT2D eigenvalue weighted by atomic mass is 35.5. The number of anilines is 1. The Bertz CT molecular complexity index is 940. The Morgan fingerprint density at radius 2 is 1.88 bits per heavy atom. The second kappa shape index (κ2) is 7.17. The van der Waals surface area contributed by atoms with Crippen molar-refractivity contribution in [2.24, 2.45) is 0 Å². The van der Waals surface area contributed by atoms with E-state index in [0.29, 0.717) is 29.3 Å². The van der Waals surface area contributed by atoms with Gasteiger partial charge in [-0.3, -0.25) is 0 Å². The van der Waals surface area contributed by atoms with E-state index in [1.165, 1.54) is 24.3 Å². The molecule has 128 valence electrons. The van der Waals surface area contributed by atoms with Gasteiger partial charge in [-0.15, -0.1) is 0 Å². The van der Waals surface area contributed by atoms with E-state index < -0.39 is 11.8 Å². The van der Waals surface area contributed by atoms with E-state index >= 15 is 0 Å². The number of carboxylic acid groups (broad SMARTS) is 1. The number of nitrogens with one attached hydrogen (secondary N) is 1. The molecule has 1 aromatic heterocycles. The molecular formula is C18H12Cl2FNO3. The molecule has 0 radical (unpaired) electrons. The van der Waals surface area contributed by atoms with Crippen LogP contribution in [0.25, 0.3) is 11.3 Å². The summed E-state index contributed by atoms with van der Waals surface area (Å²) in [5.74, 6) is -0.402. The molecule has 0 bridgehead atoms. The summed E-state index contributed by atoms with van der Waals surface area (Å²) in [6.45, 7) is 0.343. The third kappa shape index (κ3) is 3.95. The zero-order valence-electron chi connectivity index (χ0n) is 12.7. The fourth-order valence-electron chi connectivity index (χ4n) is 2.27. The summed E-state index contributed by atoms with van der Waals surface area (Å²) in [5.41, 5.74) is 1.29. The molecule has 3 aromatic rings. The Balaban J connectivity index is 1.73. The molecular weight excluding hydrogens is 368 g/mol. The number of furan rings is 1. The third-order valence-electron chi connectivity index (χ3n) is 3.53. The molecule has 0 aliphatic carbocycles. The van der Waals surface area contributed by atoms with Gasteiger partial charge in [0.25, 0.3) is 0 Å². The minimum atomic E-state index is -1.10. The standard InChI is InChI=1S/C18H12Cl2FNO3/c19-14-4-2-11(8-13(14)18(23)24)22-9-12-3-6-17(25-12)10-1-5-16(21)15(20)7-10/h1-8,22H,9H2,(H,23,24). The van der Waals surface area contributed by atoms with Crippen LogP contribution in [0.3, 0.4) is 0 Å². The summed E-state index contributed by atoms with van der Waals surface area (Å²) in [6, 6.07) is 12.5. The summed E-state index contributed by atoms with van der Waals surface area (Å²) < 4.78 is 18.9. The van der Waals surface area contributed by atoms with Gasteiger partial charge < -0.3 is 14.8 Å². The molecule has 0 saturated heterocycles. The Labute approximate surface area is 152 Å².